The lowest BCUT2D eigenvalue weighted by Crippen LogP contribution is -2.37. The van der Waals surface area contributed by atoms with Crippen molar-refractivity contribution >= 4 is 33.8 Å². The standard InChI is InChI=1S/C16H19N3S/c1-11(2)17-16(20)19-18-12(3)14-9-8-13-6-4-5-7-15(13)10-14/h4-11H,1-3H3,(H2,17,19,20)/b18-12-. The molecular formula is C16H19N3S. The van der Waals surface area contributed by atoms with Gasteiger partial charge in [0, 0.05) is 6.04 Å². The van der Waals surface area contributed by atoms with Crippen molar-refractivity contribution in [2.45, 2.75) is 26.8 Å². The quantitative estimate of drug-likeness (QED) is 0.515. The molecule has 0 amide bonds. The summed E-state index contributed by atoms with van der Waals surface area (Å²) in [5, 5.41) is 10.4. The number of fused-ring (bicyclic) bond motifs is 1. The van der Waals surface area contributed by atoms with Crippen molar-refractivity contribution in [3.63, 3.8) is 0 Å². The summed E-state index contributed by atoms with van der Waals surface area (Å²) in [4.78, 5) is 0. The predicted molar refractivity (Wildman–Crippen MR) is 90.2 cm³/mol. The molecule has 0 heterocycles. The first-order valence-corrected chi connectivity index (χ1v) is 7.07. The summed E-state index contributed by atoms with van der Waals surface area (Å²) in [5.41, 5.74) is 4.86. The van der Waals surface area contributed by atoms with Crippen LogP contribution < -0.4 is 10.7 Å². The van der Waals surface area contributed by atoms with Gasteiger partial charge in [-0.1, -0.05) is 36.4 Å². The zero-order valence-corrected chi connectivity index (χ0v) is 12.8. The number of thiocarbonyl (C=S) groups is 1. The van der Waals surface area contributed by atoms with Gasteiger partial charge in [0.2, 0.25) is 0 Å². The van der Waals surface area contributed by atoms with Crippen LogP contribution in [0.2, 0.25) is 0 Å². The molecule has 0 saturated carbocycles. The zero-order valence-electron chi connectivity index (χ0n) is 12.0. The second kappa shape index (κ2) is 6.48. The van der Waals surface area contributed by atoms with Gasteiger partial charge in [0.1, 0.15) is 0 Å². The van der Waals surface area contributed by atoms with Gasteiger partial charge >= 0.3 is 0 Å². The summed E-state index contributed by atoms with van der Waals surface area (Å²) in [6.45, 7) is 6.04. The Morgan fingerprint density at radius 3 is 2.50 bits per heavy atom. The van der Waals surface area contributed by atoms with Crippen LogP contribution in [0.4, 0.5) is 0 Å². The van der Waals surface area contributed by atoms with Crippen LogP contribution in [0, 0.1) is 0 Å². The van der Waals surface area contributed by atoms with Crippen LogP contribution in [0.25, 0.3) is 10.8 Å². The lowest BCUT2D eigenvalue weighted by Gasteiger charge is -2.10. The summed E-state index contributed by atoms with van der Waals surface area (Å²) < 4.78 is 0. The molecule has 0 bridgehead atoms. The number of hydrogen-bond donors (Lipinski definition) is 2. The molecule has 0 unspecified atom stereocenters. The molecule has 2 N–H and O–H groups in total. The molecule has 0 aromatic heterocycles. The molecule has 2 aromatic rings. The Morgan fingerprint density at radius 2 is 1.80 bits per heavy atom. The third-order valence-corrected chi connectivity index (χ3v) is 3.12. The van der Waals surface area contributed by atoms with Gasteiger partial charge in [-0.2, -0.15) is 5.10 Å². The average molecular weight is 285 g/mol. The van der Waals surface area contributed by atoms with E-state index in [0.29, 0.717) is 11.2 Å². The normalized spacial score (nSPS) is 11.7. The first kappa shape index (κ1) is 14.5. The maximum atomic E-state index is 5.15. The number of hydrogen-bond acceptors (Lipinski definition) is 2. The van der Waals surface area contributed by atoms with Crippen molar-refractivity contribution in [2.24, 2.45) is 5.10 Å². The number of nitrogens with zero attached hydrogens (tertiary/aromatic N) is 1. The molecule has 2 aromatic carbocycles. The van der Waals surface area contributed by atoms with Crippen LogP contribution in [0.3, 0.4) is 0 Å². The molecule has 20 heavy (non-hydrogen) atoms. The van der Waals surface area contributed by atoms with Crippen molar-refractivity contribution in [1.82, 2.24) is 10.7 Å². The number of hydrazone groups is 1. The molecule has 3 nitrogen and oxygen atoms in total. The highest BCUT2D eigenvalue weighted by Crippen LogP contribution is 2.16. The molecule has 0 radical (unpaired) electrons. The molecule has 2 rings (SSSR count). The summed E-state index contributed by atoms with van der Waals surface area (Å²) in [6, 6.07) is 14.9. The summed E-state index contributed by atoms with van der Waals surface area (Å²) in [6.07, 6.45) is 0. The minimum atomic E-state index is 0.297. The number of rotatable bonds is 3. The Balaban J connectivity index is 2.14. The monoisotopic (exact) mass is 285 g/mol. The SMILES string of the molecule is C/C(=N/NC(=S)NC(C)C)c1ccc2ccccc2c1. The Labute approximate surface area is 125 Å². The molecule has 4 heteroatoms. The van der Waals surface area contributed by atoms with Gasteiger partial charge in [-0.3, -0.25) is 5.43 Å². The molecule has 104 valence electrons. The van der Waals surface area contributed by atoms with E-state index in [1.807, 2.05) is 32.9 Å². The van der Waals surface area contributed by atoms with Gasteiger partial charge in [-0.05, 0) is 55.4 Å². The highest BCUT2D eigenvalue weighted by atomic mass is 32.1. The summed E-state index contributed by atoms with van der Waals surface area (Å²) in [5.74, 6) is 0. The number of nitrogens with one attached hydrogen (secondary N) is 2. The lowest BCUT2D eigenvalue weighted by atomic mass is 10.0. The van der Waals surface area contributed by atoms with E-state index in [0.717, 1.165) is 11.3 Å². The Bertz CT molecular complexity index is 647. The van der Waals surface area contributed by atoms with Crippen molar-refractivity contribution in [1.29, 1.82) is 0 Å². The van der Waals surface area contributed by atoms with Crippen molar-refractivity contribution in [3.8, 4) is 0 Å². The second-order valence-corrected chi connectivity index (χ2v) is 5.41. The highest BCUT2D eigenvalue weighted by molar-refractivity contribution is 7.80. The zero-order chi connectivity index (χ0) is 14.5. The summed E-state index contributed by atoms with van der Waals surface area (Å²) in [7, 11) is 0. The van der Waals surface area contributed by atoms with Gasteiger partial charge in [0.15, 0.2) is 5.11 Å². The molecule has 0 fully saturated rings. The average Bonchev–Trinajstić information content (AvgIpc) is 2.43. The third-order valence-electron chi connectivity index (χ3n) is 2.91. The Hall–Kier alpha value is -1.94. The largest absolute Gasteiger partial charge is 0.359 e. The van der Waals surface area contributed by atoms with E-state index in [2.05, 4.69) is 46.2 Å². The first-order valence-electron chi connectivity index (χ1n) is 6.66. The summed E-state index contributed by atoms with van der Waals surface area (Å²) >= 11 is 5.15. The second-order valence-electron chi connectivity index (χ2n) is 5.00. The molecule has 0 aliphatic rings. The van der Waals surface area contributed by atoms with Crippen LogP contribution in [0.5, 0.6) is 0 Å². The predicted octanol–water partition coefficient (Wildman–Crippen LogP) is 3.44. The van der Waals surface area contributed by atoms with Crippen LogP contribution in [-0.2, 0) is 0 Å². The Morgan fingerprint density at radius 1 is 1.10 bits per heavy atom. The van der Waals surface area contributed by atoms with Crippen LogP contribution in [0.1, 0.15) is 26.3 Å². The highest BCUT2D eigenvalue weighted by Gasteiger charge is 2.01. The van der Waals surface area contributed by atoms with E-state index >= 15 is 0 Å². The number of benzene rings is 2. The topological polar surface area (TPSA) is 36.4 Å². The van der Waals surface area contributed by atoms with E-state index in [4.69, 9.17) is 12.2 Å². The minimum Gasteiger partial charge on any atom is -0.359 e. The van der Waals surface area contributed by atoms with E-state index in [1.165, 1.54) is 10.8 Å². The van der Waals surface area contributed by atoms with Gasteiger partial charge in [-0.15, -0.1) is 0 Å². The van der Waals surface area contributed by atoms with E-state index in [-0.39, 0.29) is 0 Å². The lowest BCUT2D eigenvalue weighted by molar-refractivity contribution is 0.719. The maximum absolute atomic E-state index is 5.15. The molecule has 0 aliphatic carbocycles. The van der Waals surface area contributed by atoms with E-state index < -0.39 is 0 Å². The van der Waals surface area contributed by atoms with Gasteiger partial charge < -0.3 is 5.32 Å². The van der Waals surface area contributed by atoms with Crippen molar-refractivity contribution < 1.29 is 0 Å². The molecule has 0 aliphatic heterocycles. The fourth-order valence-corrected chi connectivity index (χ4v) is 2.19. The maximum Gasteiger partial charge on any atom is 0.187 e. The van der Waals surface area contributed by atoms with E-state index in [9.17, 15) is 0 Å². The molecular weight excluding hydrogens is 266 g/mol. The molecule has 0 atom stereocenters. The van der Waals surface area contributed by atoms with Gasteiger partial charge in [-0.25, -0.2) is 0 Å². The van der Waals surface area contributed by atoms with Crippen LogP contribution in [0.15, 0.2) is 47.6 Å². The Kier molecular flexibility index (Phi) is 4.69. The smallest absolute Gasteiger partial charge is 0.187 e. The van der Waals surface area contributed by atoms with Gasteiger partial charge in [0.25, 0.3) is 0 Å². The molecule has 0 saturated heterocycles. The minimum absolute atomic E-state index is 0.297. The molecule has 0 spiro atoms. The fourth-order valence-electron chi connectivity index (χ4n) is 1.91. The first-order chi connectivity index (χ1) is 9.56. The van der Waals surface area contributed by atoms with Crippen LogP contribution in [-0.4, -0.2) is 16.9 Å². The third kappa shape index (κ3) is 3.78. The van der Waals surface area contributed by atoms with Crippen molar-refractivity contribution in [3.05, 3.63) is 48.0 Å². The van der Waals surface area contributed by atoms with Crippen molar-refractivity contribution in [2.75, 3.05) is 0 Å². The van der Waals surface area contributed by atoms with Crippen LogP contribution >= 0.6 is 12.2 Å². The van der Waals surface area contributed by atoms with Gasteiger partial charge in [0.05, 0.1) is 5.71 Å². The fraction of sp³-hybridized carbons (Fsp3) is 0.250. The van der Waals surface area contributed by atoms with E-state index in [1.54, 1.807) is 0 Å².